The highest BCUT2D eigenvalue weighted by molar-refractivity contribution is 7.15. The first kappa shape index (κ1) is 23.3. The van der Waals surface area contributed by atoms with Crippen LogP contribution in [0.2, 0.25) is 0 Å². The minimum Gasteiger partial charge on any atom is -0.368 e. The van der Waals surface area contributed by atoms with Gasteiger partial charge in [-0.2, -0.15) is 0 Å². The van der Waals surface area contributed by atoms with Gasteiger partial charge in [0.05, 0.1) is 15.6 Å². The molecule has 2 heterocycles. The van der Waals surface area contributed by atoms with Crippen LogP contribution in [0.1, 0.15) is 31.3 Å². The molecule has 9 heteroatoms. The second-order valence-electron chi connectivity index (χ2n) is 8.92. The number of amides is 2. The maximum atomic E-state index is 14.6. The molecule has 174 valence electrons. The molecule has 0 atom stereocenters. The van der Waals surface area contributed by atoms with Crippen LogP contribution in [0, 0.1) is 12.7 Å². The molecule has 0 bridgehead atoms. The fourth-order valence-corrected chi connectivity index (χ4v) is 4.36. The molecule has 2 aromatic carbocycles. The van der Waals surface area contributed by atoms with Crippen LogP contribution in [0.5, 0.6) is 0 Å². The molecule has 0 radical (unpaired) electrons. The summed E-state index contributed by atoms with van der Waals surface area (Å²) in [7, 11) is 0. The molecule has 4 rings (SSSR count). The second kappa shape index (κ2) is 9.18. The van der Waals surface area contributed by atoms with E-state index >= 15 is 0 Å². The molecule has 34 heavy (non-hydrogen) atoms. The Hall–Kier alpha value is -3.85. The van der Waals surface area contributed by atoms with E-state index in [4.69, 9.17) is 10.7 Å². The smallest absolute Gasteiger partial charge is 0.323 e. The molecular formula is C25H25FN6OS. The summed E-state index contributed by atoms with van der Waals surface area (Å²) >= 11 is 1.45. The number of carbonyl (C=O) groups is 1. The molecule has 4 N–H and O–H groups in total. The van der Waals surface area contributed by atoms with Crippen LogP contribution in [0.4, 0.5) is 26.5 Å². The molecule has 0 spiro atoms. The first-order chi connectivity index (χ1) is 16.1. The molecule has 0 aliphatic heterocycles. The Morgan fingerprint density at radius 2 is 1.71 bits per heavy atom. The second-order valence-corrected chi connectivity index (χ2v) is 9.92. The van der Waals surface area contributed by atoms with E-state index in [1.165, 1.54) is 23.5 Å². The number of nitrogens with two attached hydrogens (primary N) is 1. The van der Waals surface area contributed by atoms with Crippen molar-refractivity contribution in [1.29, 1.82) is 0 Å². The first-order valence-electron chi connectivity index (χ1n) is 10.6. The number of nitrogens with zero attached hydrogens (tertiary/aromatic N) is 3. The van der Waals surface area contributed by atoms with Crippen LogP contribution in [-0.4, -0.2) is 21.0 Å². The lowest BCUT2D eigenvalue weighted by Gasteiger charge is -2.13. The SMILES string of the molecule is Cc1ccc(NC(=O)Nc2cc(F)cc(-c3sc(C(C)(C)C)nc3-c3ccnc(N)n3)c2)cc1. The molecule has 7 nitrogen and oxygen atoms in total. The average Bonchev–Trinajstić information content (AvgIpc) is 3.21. The maximum absolute atomic E-state index is 14.6. The lowest BCUT2D eigenvalue weighted by Crippen LogP contribution is -2.19. The number of nitrogens with one attached hydrogen (secondary N) is 2. The predicted molar refractivity (Wildman–Crippen MR) is 135 cm³/mol. The number of aromatic nitrogens is 3. The number of hydrogen-bond donors (Lipinski definition) is 3. The number of aryl methyl sites for hydroxylation is 1. The van der Waals surface area contributed by atoms with Crippen LogP contribution in [0.3, 0.4) is 0 Å². The minimum atomic E-state index is -0.484. The first-order valence-corrected chi connectivity index (χ1v) is 11.5. The Kier molecular flexibility index (Phi) is 6.30. The highest BCUT2D eigenvalue weighted by atomic mass is 32.1. The van der Waals surface area contributed by atoms with Crippen molar-refractivity contribution in [2.45, 2.75) is 33.1 Å². The van der Waals surface area contributed by atoms with Crippen LogP contribution in [0.25, 0.3) is 21.8 Å². The average molecular weight is 477 g/mol. The van der Waals surface area contributed by atoms with E-state index in [0.29, 0.717) is 28.3 Å². The van der Waals surface area contributed by atoms with Gasteiger partial charge in [-0.25, -0.2) is 24.1 Å². The zero-order valence-corrected chi connectivity index (χ0v) is 20.1. The van der Waals surface area contributed by atoms with Gasteiger partial charge in [0.25, 0.3) is 0 Å². The lowest BCUT2D eigenvalue weighted by molar-refractivity contribution is 0.262. The van der Waals surface area contributed by atoms with Crippen molar-refractivity contribution in [3.63, 3.8) is 0 Å². The van der Waals surface area contributed by atoms with Crippen molar-refractivity contribution in [3.8, 4) is 21.8 Å². The van der Waals surface area contributed by atoms with Gasteiger partial charge in [-0.15, -0.1) is 11.3 Å². The zero-order chi connectivity index (χ0) is 24.5. The van der Waals surface area contributed by atoms with Crippen molar-refractivity contribution in [2.75, 3.05) is 16.4 Å². The van der Waals surface area contributed by atoms with Gasteiger partial charge in [-0.1, -0.05) is 38.5 Å². The van der Waals surface area contributed by atoms with Crippen LogP contribution >= 0.6 is 11.3 Å². The van der Waals surface area contributed by atoms with Crippen LogP contribution in [-0.2, 0) is 5.41 Å². The number of thiazole rings is 1. The third-order valence-electron chi connectivity index (χ3n) is 4.91. The lowest BCUT2D eigenvalue weighted by atomic mass is 9.98. The van der Waals surface area contributed by atoms with Crippen molar-refractivity contribution in [2.24, 2.45) is 0 Å². The van der Waals surface area contributed by atoms with E-state index < -0.39 is 11.8 Å². The summed E-state index contributed by atoms with van der Waals surface area (Å²) in [5.41, 5.74) is 9.32. The number of anilines is 3. The Balaban J connectivity index is 1.70. The summed E-state index contributed by atoms with van der Waals surface area (Å²) in [6.45, 7) is 8.14. The van der Waals surface area contributed by atoms with Gasteiger partial charge in [0.15, 0.2) is 0 Å². The summed E-state index contributed by atoms with van der Waals surface area (Å²) in [5.74, 6) is -0.356. The Labute approximate surface area is 201 Å². The van der Waals surface area contributed by atoms with Crippen molar-refractivity contribution < 1.29 is 9.18 Å². The largest absolute Gasteiger partial charge is 0.368 e. The Bertz CT molecular complexity index is 1340. The predicted octanol–water partition coefficient (Wildman–Crippen LogP) is 6.24. The maximum Gasteiger partial charge on any atom is 0.323 e. The Morgan fingerprint density at radius 3 is 2.38 bits per heavy atom. The van der Waals surface area contributed by atoms with Crippen LogP contribution in [0.15, 0.2) is 54.7 Å². The molecule has 2 amide bonds. The van der Waals surface area contributed by atoms with Gasteiger partial charge >= 0.3 is 6.03 Å². The fraction of sp³-hybridized carbons (Fsp3) is 0.200. The quantitative estimate of drug-likeness (QED) is 0.323. The van der Waals surface area contributed by atoms with Gasteiger partial charge in [0, 0.05) is 23.0 Å². The monoisotopic (exact) mass is 476 g/mol. The molecule has 0 saturated heterocycles. The summed E-state index contributed by atoms with van der Waals surface area (Å²) in [5, 5.41) is 6.33. The zero-order valence-electron chi connectivity index (χ0n) is 19.3. The van der Waals surface area contributed by atoms with E-state index in [1.807, 2.05) is 19.1 Å². The molecule has 0 unspecified atom stereocenters. The van der Waals surface area contributed by atoms with Crippen LogP contribution < -0.4 is 16.4 Å². The van der Waals surface area contributed by atoms with Crippen molar-refractivity contribution in [1.82, 2.24) is 15.0 Å². The van der Waals surface area contributed by atoms with E-state index in [1.54, 1.807) is 30.5 Å². The third-order valence-corrected chi connectivity index (χ3v) is 6.44. The number of hydrogen-bond acceptors (Lipinski definition) is 6. The molecule has 2 aromatic heterocycles. The number of urea groups is 1. The number of nitrogen functional groups attached to an aromatic ring is 1. The van der Waals surface area contributed by atoms with Crippen molar-refractivity contribution >= 4 is 34.7 Å². The number of rotatable bonds is 4. The van der Waals surface area contributed by atoms with Gasteiger partial charge in [0.1, 0.15) is 11.5 Å². The van der Waals surface area contributed by atoms with Crippen molar-refractivity contribution in [3.05, 3.63) is 71.1 Å². The van der Waals surface area contributed by atoms with E-state index in [0.717, 1.165) is 15.4 Å². The summed E-state index contributed by atoms with van der Waals surface area (Å²) in [4.78, 5) is 26.3. The van der Waals surface area contributed by atoms with Gasteiger partial charge in [-0.3, -0.25) is 0 Å². The molecule has 0 aliphatic carbocycles. The molecule has 0 fully saturated rings. The highest BCUT2D eigenvalue weighted by Crippen LogP contribution is 2.41. The number of benzene rings is 2. The number of carbonyl (C=O) groups excluding carboxylic acids is 1. The summed E-state index contributed by atoms with van der Waals surface area (Å²) < 4.78 is 14.6. The Morgan fingerprint density at radius 1 is 1.00 bits per heavy atom. The molecule has 4 aromatic rings. The third kappa shape index (κ3) is 5.37. The van der Waals surface area contributed by atoms with E-state index in [9.17, 15) is 9.18 Å². The summed E-state index contributed by atoms with van der Waals surface area (Å²) in [6.07, 6.45) is 1.56. The number of halogens is 1. The highest BCUT2D eigenvalue weighted by Gasteiger charge is 2.24. The molecular weight excluding hydrogens is 451 g/mol. The van der Waals surface area contributed by atoms with E-state index in [2.05, 4.69) is 41.4 Å². The summed E-state index contributed by atoms with van der Waals surface area (Å²) in [6, 6.07) is 13.0. The molecule has 0 saturated carbocycles. The van der Waals surface area contributed by atoms with E-state index in [-0.39, 0.29) is 11.4 Å². The molecule has 0 aliphatic rings. The fourth-order valence-electron chi connectivity index (χ4n) is 3.24. The van der Waals surface area contributed by atoms with Gasteiger partial charge in [0.2, 0.25) is 5.95 Å². The topological polar surface area (TPSA) is 106 Å². The van der Waals surface area contributed by atoms with Gasteiger partial charge in [-0.05, 0) is 48.9 Å². The standard InChI is InChI=1S/C25H25FN6OS/c1-14-5-7-17(8-6-14)29-24(33)30-18-12-15(11-16(26)13-18)21-20(19-9-10-28-23(27)31-19)32-22(34-21)25(2,3)4/h5-13H,1-4H3,(H2,27,28,31)(H2,29,30,33). The van der Waals surface area contributed by atoms with Gasteiger partial charge < -0.3 is 16.4 Å². The normalized spacial score (nSPS) is 11.3. The minimum absolute atomic E-state index is 0.128.